The molecule has 0 atom stereocenters. The molecule has 0 unspecified atom stereocenters. The summed E-state index contributed by atoms with van der Waals surface area (Å²) in [5.41, 5.74) is 5.31. The Morgan fingerprint density at radius 3 is 2.50 bits per heavy atom. The van der Waals surface area contributed by atoms with Crippen LogP contribution in [0.4, 0.5) is 5.95 Å². The molecule has 0 aromatic carbocycles. The topological polar surface area (TPSA) is 102 Å². The van der Waals surface area contributed by atoms with Gasteiger partial charge in [0.1, 0.15) is 12.1 Å². The normalized spacial score (nSPS) is 8.20. The van der Waals surface area contributed by atoms with Crippen LogP contribution in [0.5, 0.6) is 0 Å². The number of H-pyrrole nitrogens is 1. The van der Waals surface area contributed by atoms with Crippen LogP contribution in [0.15, 0.2) is 0 Å². The molecule has 1 aromatic rings. The van der Waals surface area contributed by atoms with Crippen LogP contribution >= 0.6 is 0 Å². The van der Waals surface area contributed by atoms with Crippen molar-refractivity contribution in [3.63, 3.8) is 0 Å². The molecular weight excluding hydrogens is 130 g/mol. The molecule has 1 aromatic heterocycles. The molecule has 48 valence electrons. The Hall–Kier alpha value is -2.01. The van der Waals surface area contributed by atoms with Gasteiger partial charge in [0.15, 0.2) is 17.3 Å². The standard InChI is InChI=1S/C5H3N5/c6-1-3-4(2-7)10-5(8)9-3/h(H3,8,9,10). The van der Waals surface area contributed by atoms with Crippen molar-refractivity contribution in [3.8, 4) is 12.1 Å². The minimum atomic E-state index is 0.0417. The summed E-state index contributed by atoms with van der Waals surface area (Å²) in [5.74, 6) is 0.0908. The highest BCUT2D eigenvalue weighted by atomic mass is 15.0. The molecule has 0 bridgehead atoms. The summed E-state index contributed by atoms with van der Waals surface area (Å²) >= 11 is 0. The summed E-state index contributed by atoms with van der Waals surface area (Å²) in [6.45, 7) is 0. The number of nitrogens with zero attached hydrogens (tertiary/aromatic N) is 3. The van der Waals surface area contributed by atoms with Crippen LogP contribution in [0.25, 0.3) is 0 Å². The first kappa shape index (κ1) is 6.12. The van der Waals surface area contributed by atoms with Crippen molar-refractivity contribution < 1.29 is 0 Å². The van der Waals surface area contributed by atoms with E-state index in [1.807, 2.05) is 0 Å². The largest absolute Gasteiger partial charge is 0.369 e. The molecule has 5 heteroatoms. The Morgan fingerprint density at radius 1 is 1.40 bits per heavy atom. The summed E-state index contributed by atoms with van der Waals surface area (Å²) < 4.78 is 0. The van der Waals surface area contributed by atoms with Crippen molar-refractivity contribution in [2.24, 2.45) is 0 Å². The van der Waals surface area contributed by atoms with E-state index < -0.39 is 0 Å². The smallest absolute Gasteiger partial charge is 0.199 e. The highest BCUT2D eigenvalue weighted by Crippen LogP contribution is 2.03. The van der Waals surface area contributed by atoms with Crippen molar-refractivity contribution in [2.45, 2.75) is 0 Å². The Labute approximate surface area is 56.7 Å². The number of nitrogens with two attached hydrogens (primary N) is 1. The third-order valence-corrected chi connectivity index (χ3v) is 0.940. The highest BCUT2D eigenvalue weighted by Gasteiger charge is 2.04. The van der Waals surface area contributed by atoms with E-state index in [-0.39, 0.29) is 17.3 Å². The van der Waals surface area contributed by atoms with Crippen molar-refractivity contribution in [2.75, 3.05) is 5.73 Å². The van der Waals surface area contributed by atoms with Crippen LogP contribution in [0, 0.1) is 22.7 Å². The molecule has 0 radical (unpaired) electrons. The van der Waals surface area contributed by atoms with Crippen LogP contribution in [-0.2, 0) is 0 Å². The van der Waals surface area contributed by atoms with Gasteiger partial charge in [0.2, 0.25) is 0 Å². The van der Waals surface area contributed by atoms with Gasteiger partial charge in [-0.15, -0.1) is 0 Å². The molecule has 0 aliphatic heterocycles. The van der Waals surface area contributed by atoms with Gasteiger partial charge in [-0.3, -0.25) is 0 Å². The number of nitrogen functional groups attached to an aromatic ring is 1. The first-order valence-electron chi connectivity index (χ1n) is 2.43. The quantitative estimate of drug-likeness (QED) is 0.508. The fraction of sp³-hybridized carbons (Fsp3) is 0. The highest BCUT2D eigenvalue weighted by molar-refractivity contribution is 5.41. The number of hydrogen-bond donors (Lipinski definition) is 2. The number of anilines is 1. The zero-order chi connectivity index (χ0) is 7.56. The summed E-state index contributed by atoms with van der Waals surface area (Å²) in [7, 11) is 0. The Balaban J connectivity index is 3.28. The van der Waals surface area contributed by atoms with Crippen LogP contribution in [0.1, 0.15) is 11.4 Å². The van der Waals surface area contributed by atoms with Gasteiger partial charge in [0.25, 0.3) is 0 Å². The second-order valence-electron chi connectivity index (χ2n) is 1.57. The average molecular weight is 133 g/mol. The van der Waals surface area contributed by atoms with Crippen LogP contribution in [0.2, 0.25) is 0 Å². The predicted molar refractivity (Wildman–Crippen MR) is 32.4 cm³/mol. The van der Waals surface area contributed by atoms with E-state index in [9.17, 15) is 0 Å². The lowest BCUT2D eigenvalue weighted by Crippen LogP contribution is -1.85. The lowest BCUT2D eigenvalue weighted by Gasteiger charge is -1.73. The molecule has 0 aliphatic carbocycles. The predicted octanol–water partition coefficient (Wildman–Crippen LogP) is -0.265. The van der Waals surface area contributed by atoms with Gasteiger partial charge in [0, 0.05) is 0 Å². The van der Waals surface area contributed by atoms with Gasteiger partial charge >= 0.3 is 0 Å². The van der Waals surface area contributed by atoms with E-state index >= 15 is 0 Å². The summed E-state index contributed by atoms with van der Waals surface area (Å²) in [6, 6.07) is 3.47. The van der Waals surface area contributed by atoms with E-state index in [4.69, 9.17) is 16.3 Å². The number of imidazole rings is 1. The number of nitriles is 2. The zero-order valence-electron chi connectivity index (χ0n) is 4.92. The first-order chi connectivity index (χ1) is 4.77. The molecule has 0 aliphatic rings. The number of aromatic amines is 1. The maximum Gasteiger partial charge on any atom is 0.199 e. The van der Waals surface area contributed by atoms with Crippen LogP contribution in [0.3, 0.4) is 0 Å². The molecule has 0 amide bonds. The maximum atomic E-state index is 8.33. The first-order valence-corrected chi connectivity index (χ1v) is 2.43. The van der Waals surface area contributed by atoms with Crippen molar-refractivity contribution in [1.29, 1.82) is 10.5 Å². The minimum absolute atomic E-state index is 0.0417. The monoisotopic (exact) mass is 133 g/mol. The van der Waals surface area contributed by atoms with Gasteiger partial charge in [0.05, 0.1) is 0 Å². The molecule has 0 spiro atoms. The van der Waals surface area contributed by atoms with Gasteiger partial charge < -0.3 is 10.7 Å². The van der Waals surface area contributed by atoms with Crippen molar-refractivity contribution >= 4 is 5.95 Å². The lowest BCUT2D eigenvalue weighted by atomic mass is 10.4. The molecule has 0 saturated heterocycles. The molecule has 1 rings (SSSR count). The van der Waals surface area contributed by atoms with Gasteiger partial charge in [-0.1, -0.05) is 0 Å². The Bertz CT molecular complexity index is 291. The van der Waals surface area contributed by atoms with Crippen molar-refractivity contribution in [3.05, 3.63) is 11.4 Å². The van der Waals surface area contributed by atoms with Gasteiger partial charge in [-0.05, 0) is 0 Å². The summed E-state index contributed by atoms with van der Waals surface area (Å²) in [5, 5.41) is 16.7. The SMILES string of the molecule is N#Cc1nc(N)[nH]c1C#N. The average Bonchev–Trinajstić information content (AvgIpc) is 2.30. The van der Waals surface area contributed by atoms with E-state index in [1.165, 1.54) is 0 Å². The second kappa shape index (κ2) is 2.08. The summed E-state index contributed by atoms with van der Waals surface area (Å²) in [6.07, 6.45) is 0. The molecule has 5 nitrogen and oxygen atoms in total. The second-order valence-corrected chi connectivity index (χ2v) is 1.57. The fourth-order valence-electron chi connectivity index (χ4n) is 0.553. The van der Waals surface area contributed by atoms with Crippen molar-refractivity contribution in [1.82, 2.24) is 9.97 Å². The number of aromatic nitrogens is 2. The van der Waals surface area contributed by atoms with E-state index in [0.717, 1.165) is 0 Å². The number of hydrogen-bond acceptors (Lipinski definition) is 4. The van der Waals surface area contributed by atoms with Gasteiger partial charge in [-0.2, -0.15) is 10.5 Å². The minimum Gasteiger partial charge on any atom is -0.369 e. The molecular formula is C5H3N5. The van der Waals surface area contributed by atoms with Crippen LogP contribution < -0.4 is 5.73 Å². The molecule has 0 fully saturated rings. The molecule has 3 N–H and O–H groups in total. The number of rotatable bonds is 0. The number of nitrogens with one attached hydrogen (secondary N) is 1. The Kier molecular flexibility index (Phi) is 1.27. The fourth-order valence-corrected chi connectivity index (χ4v) is 0.553. The zero-order valence-corrected chi connectivity index (χ0v) is 4.92. The molecule has 1 heterocycles. The third kappa shape index (κ3) is 0.762. The Morgan fingerprint density at radius 2 is 2.10 bits per heavy atom. The van der Waals surface area contributed by atoms with Crippen LogP contribution in [-0.4, -0.2) is 9.97 Å². The third-order valence-electron chi connectivity index (χ3n) is 0.940. The molecule has 0 saturated carbocycles. The van der Waals surface area contributed by atoms with E-state index in [2.05, 4.69) is 9.97 Å². The van der Waals surface area contributed by atoms with E-state index in [1.54, 1.807) is 12.1 Å². The lowest BCUT2D eigenvalue weighted by molar-refractivity contribution is 1.30. The molecule has 10 heavy (non-hydrogen) atoms. The maximum absolute atomic E-state index is 8.33. The van der Waals surface area contributed by atoms with Gasteiger partial charge in [-0.25, -0.2) is 4.98 Å². The van der Waals surface area contributed by atoms with E-state index in [0.29, 0.717) is 0 Å². The summed E-state index contributed by atoms with van der Waals surface area (Å²) in [4.78, 5) is 5.97.